The van der Waals surface area contributed by atoms with Crippen LogP contribution in [0.3, 0.4) is 0 Å². The predicted octanol–water partition coefficient (Wildman–Crippen LogP) is -0.738. The molecule has 0 N–H and O–H groups in total. The SMILES string of the molecule is CN(C)C.[SeH2]. The predicted molar refractivity (Wildman–Crippen MR) is 28.2 cm³/mol. The van der Waals surface area contributed by atoms with Crippen LogP contribution in [0.25, 0.3) is 0 Å². The van der Waals surface area contributed by atoms with E-state index in [0.717, 1.165) is 0 Å². The van der Waals surface area contributed by atoms with Gasteiger partial charge in [0.1, 0.15) is 0 Å². The molecule has 0 unspecified atom stereocenters. The van der Waals surface area contributed by atoms with Crippen molar-refractivity contribution in [1.82, 2.24) is 4.90 Å². The van der Waals surface area contributed by atoms with Crippen LogP contribution in [0.4, 0.5) is 0 Å². The Kier molecular flexibility index (Phi) is 8.14. The van der Waals surface area contributed by atoms with Crippen LogP contribution in [0.15, 0.2) is 0 Å². The first-order valence-electron chi connectivity index (χ1n) is 1.34. The van der Waals surface area contributed by atoms with Crippen LogP contribution in [-0.2, 0) is 0 Å². The zero-order valence-electron chi connectivity index (χ0n) is 3.95. The van der Waals surface area contributed by atoms with Gasteiger partial charge in [-0.05, 0) is 21.1 Å². The molecular weight excluding hydrogens is 129 g/mol. The van der Waals surface area contributed by atoms with Crippen molar-refractivity contribution >= 4 is 17.1 Å². The first-order valence-corrected chi connectivity index (χ1v) is 1.34. The normalized spacial score (nSPS) is 7.20. The molecule has 0 aliphatic rings. The van der Waals surface area contributed by atoms with Crippen molar-refractivity contribution in [3.05, 3.63) is 0 Å². The first-order chi connectivity index (χ1) is 1.73. The fourth-order valence-corrected chi connectivity index (χ4v) is 0. The molecule has 0 aliphatic carbocycles. The second-order valence-electron chi connectivity index (χ2n) is 1.34. The average molecular weight is 140 g/mol. The third kappa shape index (κ3) is 120. The van der Waals surface area contributed by atoms with Gasteiger partial charge in [-0.2, -0.15) is 0 Å². The van der Waals surface area contributed by atoms with Crippen molar-refractivity contribution < 1.29 is 0 Å². The molecule has 0 aromatic heterocycles. The van der Waals surface area contributed by atoms with Crippen LogP contribution in [-0.4, -0.2) is 43.1 Å². The molecule has 0 aliphatic heterocycles. The summed E-state index contributed by atoms with van der Waals surface area (Å²) in [7, 11) is 6.00. The number of hydrogen-bond donors (Lipinski definition) is 0. The van der Waals surface area contributed by atoms with E-state index in [4.69, 9.17) is 0 Å². The Morgan fingerprint density at radius 3 is 1.00 bits per heavy atom. The molecule has 0 rings (SSSR count). The van der Waals surface area contributed by atoms with Crippen molar-refractivity contribution in [2.45, 2.75) is 0 Å². The van der Waals surface area contributed by atoms with Gasteiger partial charge in [0.15, 0.2) is 0 Å². The molecule has 1 nitrogen and oxygen atoms in total. The van der Waals surface area contributed by atoms with E-state index in [9.17, 15) is 0 Å². The van der Waals surface area contributed by atoms with E-state index in [0.29, 0.717) is 0 Å². The van der Waals surface area contributed by atoms with E-state index in [-0.39, 0.29) is 17.1 Å². The summed E-state index contributed by atoms with van der Waals surface area (Å²) in [6.07, 6.45) is 0. The second-order valence-corrected chi connectivity index (χ2v) is 1.34. The maximum absolute atomic E-state index is 2.00. The summed E-state index contributed by atoms with van der Waals surface area (Å²) in [6.45, 7) is 0. The average Bonchev–Trinajstić information content (AvgIpc) is 0.811. The summed E-state index contributed by atoms with van der Waals surface area (Å²) in [6, 6.07) is 0. The van der Waals surface area contributed by atoms with Crippen LogP contribution in [0.5, 0.6) is 0 Å². The Labute approximate surface area is 43.8 Å². The van der Waals surface area contributed by atoms with E-state index >= 15 is 0 Å². The van der Waals surface area contributed by atoms with E-state index in [1.165, 1.54) is 0 Å². The van der Waals surface area contributed by atoms with Gasteiger partial charge >= 0.3 is 17.1 Å². The zero-order chi connectivity index (χ0) is 3.58. The molecule has 0 heterocycles. The Morgan fingerprint density at radius 1 is 1.00 bits per heavy atom. The van der Waals surface area contributed by atoms with Gasteiger partial charge in [0.25, 0.3) is 0 Å². The van der Waals surface area contributed by atoms with Gasteiger partial charge in [-0.15, -0.1) is 0 Å². The van der Waals surface area contributed by atoms with E-state index in [2.05, 4.69) is 0 Å². The Balaban J connectivity index is 0. The summed E-state index contributed by atoms with van der Waals surface area (Å²) >= 11 is 0. The van der Waals surface area contributed by atoms with E-state index in [1.807, 2.05) is 26.0 Å². The maximum atomic E-state index is 2.00. The van der Waals surface area contributed by atoms with Crippen molar-refractivity contribution in [3.63, 3.8) is 0 Å². The first kappa shape index (κ1) is 9.08. The molecule has 0 aromatic carbocycles. The topological polar surface area (TPSA) is 3.24 Å². The molecule has 0 fully saturated rings. The van der Waals surface area contributed by atoms with Gasteiger partial charge in [0.2, 0.25) is 0 Å². The summed E-state index contributed by atoms with van der Waals surface area (Å²) in [5, 5.41) is 0. The summed E-state index contributed by atoms with van der Waals surface area (Å²) < 4.78 is 0. The van der Waals surface area contributed by atoms with Crippen molar-refractivity contribution in [2.24, 2.45) is 0 Å². The zero-order valence-corrected chi connectivity index (χ0v) is 6.05. The molecule has 0 saturated carbocycles. The molecule has 0 spiro atoms. The van der Waals surface area contributed by atoms with Gasteiger partial charge in [0, 0.05) is 0 Å². The van der Waals surface area contributed by atoms with Crippen LogP contribution in [0.2, 0.25) is 0 Å². The number of nitrogens with zero attached hydrogens (tertiary/aromatic N) is 1. The standard InChI is InChI=1S/C3H9N.H2Se/c1-4(2)3;/h1-3H3;1H2. The Hall–Kier alpha value is 0.479. The molecule has 5 heavy (non-hydrogen) atoms. The van der Waals surface area contributed by atoms with Crippen molar-refractivity contribution in [1.29, 1.82) is 0 Å². The minimum absolute atomic E-state index is 0. The molecule has 0 atom stereocenters. The fourth-order valence-electron chi connectivity index (χ4n) is 0. The van der Waals surface area contributed by atoms with Gasteiger partial charge < -0.3 is 4.90 Å². The Bertz CT molecular complexity index is 11.6. The fraction of sp³-hybridized carbons (Fsp3) is 1.00. The van der Waals surface area contributed by atoms with Crippen molar-refractivity contribution in [2.75, 3.05) is 21.1 Å². The summed E-state index contributed by atoms with van der Waals surface area (Å²) in [5.41, 5.74) is 0. The molecule has 0 bridgehead atoms. The minimum atomic E-state index is 0. The van der Waals surface area contributed by atoms with Gasteiger partial charge in [-0.25, -0.2) is 0 Å². The third-order valence-electron chi connectivity index (χ3n) is 0. The molecule has 0 radical (unpaired) electrons. The van der Waals surface area contributed by atoms with Crippen LogP contribution < -0.4 is 0 Å². The van der Waals surface area contributed by atoms with Gasteiger partial charge in [0.05, 0.1) is 0 Å². The van der Waals surface area contributed by atoms with Crippen molar-refractivity contribution in [3.8, 4) is 0 Å². The van der Waals surface area contributed by atoms with Crippen LogP contribution in [0.1, 0.15) is 0 Å². The molecule has 0 aromatic rings. The molecule has 0 saturated heterocycles. The monoisotopic (exact) mass is 141 g/mol. The second kappa shape index (κ2) is 4.48. The number of hydrogen-bond acceptors (Lipinski definition) is 1. The quantitative estimate of drug-likeness (QED) is 0.401. The molecule has 0 amide bonds. The molecule has 34 valence electrons. The van der Waals surface area contributed by atoms with E-state index in [1.54, 1.807) is 0 Å². The van der Waals surface area contributed by atoms with Crippen LogP contribution >= 0.6 is 0 Å². The summed E-state index contributed by atoms with van der Waals surface area (Å²) in [4.78, 5) is 2.00. The molecule has 2 heteroatoms. The summed E-state index contributed by atoms with van der Waals surface area (Å²) in [5.74, 6) is 0. The number of rotatable bonds is 0. The third-order valence-corrected chi connectivity index (χ3v) is 0. The van der Waals surface area contributed by atoms with E-state index < -0.39 is 0 Å². The van der Waals surface area contributed by atoms with Crippen LogP contribution in [0, 0.1) is 0 Å². The molecular formula is C3H11NSe. The Morgan fingerprint density at radius 2 is 1.00 bits per heavy atom. The van der Waals surface area contributed by atoms with Gasteiger partial charge in [-0.3, -0.25) is 0 Å². The van der Waals surface area contributed by atoms with Gasteiger partial charge in [-0.1, -0.05) is 0 Å².